The molecule has 3 aromatic heterocycles. The van der Waals surface area contributed by atoms with Crippen LogP contribution in [-0.4, -0.2) is 32.6 Å². The van der Waals surface area contributed by atoms with Crippen LogP contribution in [0.3, 0.4) is 0 Å². The zero-order valence-corrected chi connectivity index (χ0v) is 20.3. The van der Waals surface area contributed by atoms with Gasteiger partial charge in [0.1, 0.15) is 23.3 Å². The molecule has 0 amide bonds. The first kappa shape index (κ1) is 22.5. The zero-order chi connectivity index (χ0) is 24.3. The van der Waals surface area contributed by atoms with Gasteiger partial charge >= 0.3 is 5.97 Å². The van der Waals surface area contributed by atoms with Gasteiger partial charge in [-0.25, -0.2) is 19.7 Å². The fourth-order valence-corrected chi connectivity index (χ4v) is 4.15. The van der Waals surface area contributed by atoms with Crippen LogP contribution < -0.4 is 15.8 Å². The van der Waals surface area contributed by atoms with Gasteiger partial charge in [-0.05, 0) is 69.2 Å². The van der Waals surface area contributed by atoms with Crippen LogP contribution in [0.15, 0.2) is 30.6 Å². The van der Waals surface area contributed by atoms with E-state index in [2.05, 4.69) is 22.2 Å². The second kappa shape index (κ2) is 7.91. The summed E-state index contributed by atoms with van der Waals surface area (Å²) < 4.78 is 11.6. The highest BCUT2D eigenvalue weighted by Gasteiger charge is 2.40. The Kier molecular flexibility index (Phi) is 5.24. The maximum absolute atomic E-state index is 12.4. The lowest BCUT2D eigenvalue weighted by Gasteiger charge is -2.36. The molecule has 1 aliphatic carbocycles. The number of anilines is 2. The van der Waals surface area contributed by atoms with Crippen molar-refractivity contribution in [1.29, 1.82) is 0 Å². The molecule has 34 heavy (non-hydrogen) atoms. The minimum absolute atomic E-state index is 0.0474. The molecule has 3 N–H and O–H groups in total. The van der Waals surface area contributed by atoms with Crippen LogP contribution in [0.2, 0.25) is 0 Å². The van der Waals surface area contributed by atoms with Gasteiger partial charge in [-0.15, -0.1) is 0 Å². The third-order valence-electron chi connectivity index (χ3n) is 7.10. The molecule has 0 aromatic carbocycles. The quantitative estimate of drug-likeness (QED) is 0.496. The first-order valence-corrected chi connectivity index (χ1v) is 11.8. The number of nitrogens with one attached hydrogen (secondary N) is 1. The summed E-state index contributed by atoms with van der Waals surface area (Å²) in [5.74, 6) is 1.44. The normalized spacial score (nSPS) is 20.9. The highest BCUT2D eigenvalue weighted by Crippen LogP contribution is 2.39. The number of hydrogen-bond acceptors (Lipinski definition) is 8. The molecule has 5 rings (SSSR count). The topological polar surface area (TPSA) is 112 Å². The van der Waals surface area contributed by atoms with E-state index in [4.69, 9.17) is 20.2 Å². The summed E-state index contributed by atoms with van der Waals surface area (Å²) in [5, 5.41) is 5.10. The maximum atomic E-state index is 12.4. The van der Waals surface area contributed by atoms with Gasteiger partial charge < -0.3 is 20.5 Å². The van der Waals surface area contributed by atoms with Gasteiger partial charge in [-0.2, -0.15) is 0 Å². The van der Waals surface area contributed by atoms with E-state index in [1.807, 2.05) is 40.0 Å². The molecule has 0 radical (unpaired) electrons. The van der Waals surface area contributed by atoms with E-state index in [-0.39, 0.29) is 18.0 Å². The average molecular weight is 462 g/mol. The summed E-state index contributed by atoms with van der Waals surface area (Å²) in [4.78, 5) is 26.3. The second-order valence-corrected chi connectivity index (χ2v) is 10.1. The lowest BCUT2D eigenvalue weighted by molar-refractivity contribution is -0.0189. The minimum atomic E-state index is -0.623. The van der Waals surface area contributed by atoms with Crippen LogP contribution in [-0.2, 0) is 10.3 Å². The first-order valence-electron chi connectivity index (χ1n) is 11.8. The molecule has 1 fully saturated rings. The molecule has 1 saturated carbocycles. The standard InChI is InChI=1S/C26H31N5O3/c1-6-26(5,27)19-13-29-23(33-15-7-8-15)18-12-28-21(11-17(18)19)30-20-10-9-16-22(31-20)14(2)25(3,4)34-24(16)32/h9-15H,6-8,27H2,1-5H3,(H,28,30,31)/t14-,26?/m1/s1. The molecule has 4 heterocycles. The number of nitrogens with zero attached hydrogens (tertiary/aromatic N) is 3. The third kappa shape index (κ3) is 3.96. The second-order valence-electron chi connectivity index (χ2n) is 10.1. The Hall–Kier alpha value is -3.26. The van der Waals surface area contributed by atoms with E-state index in [1.54, 1.807) is 18.3 Å². The smallest absolute Gasteiger partial charge is 0.340 e. The van der Waals surface area contributed by atoms with E-state index in [0.717, 1.165) is 41.3 Å². The van der Waals surface area contributed by atoms with Crippen molar-refractivity contribution in [2.75, 3.05) is 5.32 Å². The Bertz CT molecular complexity index is 1280. The summed E-state index contributed by atoms with van der Waals surface area (Å²) in [6.07, 6.45) is 6.68. The van der Waals surface area contributed by atoms with Gasteiger partial charge in [0.15, 0.2) is 0 Å². The highest BCUT2D eigenvalue weighted by molar-refractivity contribution is 5.93. The fourth-order valence-electron chi connectivity index (χ4n) is 4.15. The lowest BCUT2D eigenvalue weighted by atomic mass is 9.84. The Labute approximate surface area is 199 Å². The molecule has 8 heteroatoms. The Morgan fingerprint density at radius 2 is 1.97 bits per heavy atom. The van der Waals surface area contributed by atoms with Crippen LogP contribution in [0, 0.1) is 0 Å². The van der Waals surface area contributed by atoms with Crippen LogP contribution in [0.1, 0.15) is 81.4 Å². The molecule has 8 nitrogen and oxygen atoms in total. The molecule has 1 unspecified atom stereocenters. The molecular formula is C26H31N5O3. The van der Waals surface area contributed by atoms with E-state index in [1.165, 1.54) is 0 Å². The number of ether oxygens (including phenoxy) is 2. The number of carbonyl (C=O) groups excluding carboxylic acids is 1. The maximum Gasteiger partial charge on any atom is 0.340 e. The van der Waals surface area contributed by atoms with Gasteiger partial charge in [-0.1, -0.05) is 13.8 Å². The number of pyridine rings is 3. The van der Waals surface area contributed by atoms with E-state index in [9.17, 15) is 4.79 Å². The zero-order valence-electron chi connectivity index (χ0n) is 20.3. The van der Waals surface area contributed by atoms with Gasteiger partial charge in [0.25, 0.3) is 0 Å². The summed E-state index contributed by atoms with van der Waals surface area (Å²) in [7, 11) is 0. The lowest BCUT2D eigenvalue weighted by Crippen LogP contribution is -2.39. The fraction of sp³-hybridized carbons (Fsp3) is 0.462. The molecule has 178 valence electrons. The van der Waals surface area contributed by atoms with Gasteiger partial charge in [0, 0.05) is 23.9 Å². The molecule has 3 aromatic rings. The van der Waals surface area contributed by atoms with Crippen molar-refractivity contribution in [1.82, 2.24) is 15.0 Å². The number of fused-ring (bicyclic) bond motifs is 2. The Balaban J connectivity index is 1.54. The van der Waals surface area contributed by atoms with Crippen molar-refractivity contribution in [3.8, 4) is 5.88 Å². The summed E-state index contributed by atoms with van der Waals surface area (Å²) >= 11 is 0. The third-order valence-corrected chi connectivity index (χ3v) is 7.10. The molecule has 1 aliphatic heterocycles. The van der Waals surface area contributed by atoms with E-state index < -0.39 is 11.1 Å². The number of hydrogen-bond donors (Lipinski definition) is 2. The van der Waals surface area contributed by atoms with Crippen molar-refractivity contribution in [2.45, 2.75) is 77.0 Å². The predicted molar refractivity (Wildman–Crippen MR) is 130 cm³/mol. The average Bonchev–Trinajstić information content (AvgIpc) is 3.61. The number of aromatic nitrogens is 3. The molecule has 2 aliphatic rings. The summed E-state index contributed by atoms with van der Waals surface area (Å²) in [5.41, 5.74) is 7.61. The Morgan fingerprint density at radius 1 is 1.21 bits per heavy atom. The molecular weight excluding hydrogens is 430 g/mol. The van der Waals surface area contributed by atoms with Gasteiger partial charge in [0.2, 0.25) is 5.88 Å². The number of carbonyl (C=O) groups is 1. The van der Waals surface area contributed by atoms with Crippen molar-refractivity contribution in [3.05, 3.63) is 47.4 Å². The number of nitrogens with two attached hydrogens (primary N) is 1. The van der Waals surface area contributed by atoms with Crippen molar-refractivity contribution < 1.29 is 14.3 Å². The van der Waals surface area contributed by atoms with E-state index >= 15 is 0 Å². The monoisotopic (exact) mass is 461 g/mol. The SMILES string of the molecule is CCC(C)(N)c1cnc(OC2CC2)c2cnc(Nc3ccc4c(n3)[C@@H](C)C(C)(C)OC4=O)cc12. The molecule has 2 atom stereocenters. The van der Waals surface area contributed by atoms with Crippen LogP contribution >= 0.6 is 0 Å². The number of cyclic esters (lactones) is 1. The summed E-state index contributed by atoms with van der Waals surface area (Å²) in [6, 6.07) is 5.49. The van der Waals surface area contributed by atoms with Crippen molar-refractivity contribution in [2.24, 2.45) is 5.73 Å². The number of rotatable bonds is 6. The van der Waals surface area contributed by atoms with Gasteiger partial charge in [-0.3, -0.25) is 0 Å². The minimum Gasteiger partial charge on any atom is -0.474 e. The van der Waals surface area contributed by atoms with Gasteiger partial charge in [0.05, 0.1) is 16.6 Å². The number of esters is 1. The Morgan fingerprint density at radius 3 is 2.68 bits per heavy atom. The first-order chi connectivity index (χ1) is 16.1. The molecule has 0 saturated heterocycles. The predicted octanol–water partition coefficient (Wildman–Crippen LogP) is 4.95. The van der Waals surface area contributed by atoms with Crippen molar-refractivity contribution >= 4 is 28.4 Å². The van der Waals surface area contributed by atoms with E-state index in [0.29, 0.717) is 23.1 Å². The van der Waals surface area contributed by atoms with Crippen LogP contribution in [0.5, 0.6) is 5.88 Å². The molecule has 0 spiro atoms. The largest absolute Gasteiger partial charge is 0.474 e. The molecule has 0 bridgehead atoms. The summed E-state index contributed by atoms with van der Waals surface area (Å²) in [6.45, 7) is 9.89. The van der Waals surface area contributed by atoms with Crippen LogP contribution in [0.4, 0.5) is 11.6 Å². The van der Waals surface area contributed by atoms with Crippen molar-refractivity contribution in [3.63, 3.8) is 0 Å². The van der Waals surface area contributed by atoms with Crippen LogP contribution in [0.25, 0.3) is 10.8 Å². The highest BCUT2D eigenvalue weighted by atomic mass is 16.6.